The number of carboxylic acids is 1. The molecule has 3 aromatic rings. The topological polar surface area (TPSA) is 76.7 Å². The summed E-state index contributed by atoms with van der Waals surface area (Å²) < 4.78 is 13.6. The van der Waals surface area contributed by atoms with Gasteiger partial charge in [-0.05, 0) is 72.5 Å². The minimum Gasteiger partial charge on any atom is -0.478 e. The van der Waals surface area contributed by atoms with Crippen molar-refractivity contribution in [3.05, 3.63) is 100 Å². The molecule has 152 valence electrons. The fourth-order valence-corrected chi connectivity index (χ4v) is 4.56. The average Bonchev–Trinajstić information content (AvgIpc) is 3.19. The lowest BCUT2D eigenvalue weighted by atomic mass is 9.77. The number of aryl methyl sites for hydroxylation is 1. The number of aromatic carboxylic acids is 1. The SMILES string of the molecule is N#Cc1ccc(N2N=C3c4ccc(C(=O)O)cc4CC[C@H]3[C@H]2c2ccc(F)cc2)cc1. The van der Waals surface area contributed by atoms with Crippen LogP contribution in [-0.4, -0.2) is 16.8 Å². The molecular weight excluding hydrogens is 393 g/mol. The van der Waals surface area contributed by atoms with Gasteiger partial charge in [0.15, 0.2) is 0 Å². The van der Waals surface area contributed by atoms with Crippen molar-refractivity contribution < 1.29 is 14.3 Å². The van der Waals surface area contributed by atoms with Crippen LogP contribution in [0.4, 0.5) is 10.1 Å². The second-order valence-corrected chi connectivity index (χ2v) is 7.81. The first-order chi connectivity index (χ1) is 15.0. The van der Waals surface area contributed by atoms with Crippen LogP contribution in [0.5, 0.6) is 0 Å². The zero-order chi connectivity index (χ0) is 21.5. The monoisotopic (exact) mass is 411 g/mol. The van der Waals surface area contributed by atoms with Crippen LogP contribution in [0.25, 0.3) is 0 Å². The highest BCUT2D eigenvalue weighted by Gasteiger charge is 2.42. The molecule has 0 spiro atoms. The van der Waals surface area contributed by atoms with E-state index in [0.29, 0.717) is 5.56 Å². The van der Waals surface area contributed by atoms with Crippen LogP contribution in [-0.2, 0) is 6.42 Å². The Kier molecular flexibility index (Phi) is 4.52. The van der Waals surface area contributed by atoms with Crippen LogP contribution >= 0.6 is 0 Å². The number of halogens is 1. The van der Waals surface area contributed by atoms with Crippen molar-refractivity contribution in [2.75, 3.05) is 5.01 Å². The maximum atomic E-state index is 13.6. The predicted molar refractivity (Wildman–Crippen MR) is 115 cm³/mol. The van der Waals surface area contributed by atoms with Crippen molar-refractivity contribution in [2.45, 2.75) is 18.9 Å². The quantitative estimate of drug-likeness (QED) is 0.663. The molecule has 0 radical (unpaired) electrons. The average molecular weight is 411 g/mol. The molecule has 2 atom stereocenters. The second-order valence-electron chi connectivity index (χ2n) is 7.81. The molecule has 0 saturated heterocycles. The van der Waals surface area contributed by atoms with Gasteiger partial charge in [0.25, 0.3) is 0 Å². The number of nitriles is 1. The second kappa shape index (κ2) is 7.37. The molecule has 0 aromatic heterocycles. The molecule has 5 nitrogen and oxygen atoms in total. The van der Waals surface area contributed by atoms with Gasteiger partial charge in [-0.3, -0.25) is 5.01 Å². The lowest BCUT2D eigenvalue weighted by molar-refractivity contribution is 0.0696. The first-order valence-corrected chi connectivity index (χ1v) is 10.0. The number of benzene rings is 3. The third-order valence-electron chi connectivity index (χ3n) is 6.04. The van der Waals surface area contributed by atoms with Gasteiger partial charge in [0.1, 0.15) is 5.82 Å². The summed E-state index contributed by atoms with van der Waals surface area (Å²) in [6.45, 7) is 0. The molecular formula is C25H18FN3O2. The Morgan fingerprint density at radius 2 is 1.84 bits per heavy atom. The zero-order valence-electron chi connectivity index (χ0n) is 16.5. The van der Waals surface area contributed by atoms with Crippen molar-refractivity contribution in [1.82, 2.24) is 0 Å². The van der Waals surface area contributed by atoms with E-state index < -0.39 is 5.97 Å². The lowest BCUT2D eigenvalue weighted by Gasteiger charge is -2.30. The highest BCUT2D eigenvalue weighted by Crippen LogP contribution is 2.45. The summed E-state index contributed by atoms with van der Waals surface area (Å²) in [5.41, 5.74) is 5.50. The van der Waals surface area contributed by atoms with E-state index in [0.717, 1.165) is 40.9 Å². The van der Waals surface area contributed by atoms with Gasteiger partial charge >= 0.3 is 5.97 Å². The molecule has 3 aromatic carbocycles. The largest absolute Gasteiger partial charge is 0.478 e. The van der Waals surface area contributed by atoms with E-state index in [1.54, 1.807) is 36.4 Å². The standard InChI is InChI=1S/C25H18FN3O2/c26-19-7-3-16(4-8-19)24-22-12-5-17-13-18(25(30)31)6-11-21(17)23(22)28-29(24)20-9-1-15(14-27)2-10-20/h1-4,6-11,13,22,24H,5,12H2,(H,30,31)/t22-,24-/m1/s1. The summed E-state index contributed by atoms with van der Waals surface area (Å²) in [5, 5.41) is 25.3. The van der Waals surface area contributed by atoms with E-state index in [-0.39, 0.29) is 23.3 Å². The minimum absolute atomic E-state index is 0.0873. The molecule has 0 unspecified atom stereocenters. The van der Waals surface area contributed by atoms with Gasteiger partial charge in [0, 0.05) is 11.5 Å². The molecule has 5 rings (SSSR count). The molecule has 0 fully saturated rings. The summed E-state index contributed by atoms with van der Waals surface area (Å²) in [7, 11) is 0. The molecule has 2 aliphatic rings. The van der Waals surface area contributed by atoms with Crippen LogP contribution in [0, 0.1) is 23.1 Å². The molecule has 31 heavy (non-hydrogen) atoms. The lowest BCUT2D eigenvalue weighted by Crippen LogP contribution is -2.29. The number of rotatable bonds is 3. The molecule has 0 bridgehead atoms. The van der Waals surface area contributed by atoms with E-state index in [9.17, 15) is 14.3 Å². The van der Waals surface area contributed by atoms with Gasteiger partial charge in [-0.15, -0.1) is 0 Å². The van der Waals surface area contributed by atoms with Crippen molar-refractivity contribution in [1.29, 1.82) is 5.26 Å². The molecule has 0 saturated carbocycles. The van der Waals surface area contributed by atoms with Crippen molar-refractivity contribution >= 4 is 17.4 Å². The normalized spacial score (nSPS) is 19.2. The molecule has 1 aliphatic heterocycles. The fraction of sp³-hybridized carbons (Fsp3) is 0.160. The number of carbonyl (C=O) groups is 1. The first kappa shape index (κ1) is 19.0. The zero-order valence-corrected chi connectivity index (χ0v) is 16.5. The Labute approximate surface area is 178 Å². The van der Waals surface area contributed by atoms with Crippen molar-refractivity contribution in [3.8, 4) is 6.07 Å². The summed E-state index contributed by atoms with van der Waals surface area (Å²) >= 11 is 0. The Morgan fingerprint density at radius 1 is 1.10 bits per heavy atom. The van der Waals surface area contributed by atoms with Gasteiger partial charge in [0.2, 0.25) is 0 Å². The number of nitrogens with zero attached hydrogens (tertiary/aromatic N) is 3. The van der Waals surface area contributed by atoms with Gasteiger partial charge in [-0.25, -0.2) is 9.18 Å². The fourth-order valence-electron chi connectivity index (χ4n) is 4.56. The highest BCUT2D eigenvalue weighted by molar-refractivity contribution is 6.07. The third kappa shape index (κ3) is 3.24. The van der Waals surface area contributed by atoms with E-state index >= 15 is 0 Å². The number of carboxylic acid groups (broad SMARTS) is 1. The minimum atomic E-state index is -0.943. The van der Waals surface area contributed by atoms with Crippen LogP contribution in [0.2, 0.25) is 0 Å². The van der Waals surface area contributed by atoms with E-state index in [2.05, 4.69) is 6.07 Å². The van der Waals surface area contributed by atoms with Crippen molar-refractivity contribution in [2.24, 2.45) is 11.0 Å². The maximum Gasteiger partial charge on any atom is 0.335 e. The maximum absolute atomic E-state index is 13.6. The highest BCUT2D eigenvalue weighted by atomic mass is 19.1. The van der Waals surface area contributed by atoms with Crippen LogP contribution in [0.15, 0.2) is 71.8 Å². The van der Waals surface area contributed by atoms with Gasteiger partial charge < -0.3 is 5.11 Å². The van der Waals surface area contributed by atoms with Crippen LogP contribution in [0.1, 0.15) is 45.1 Å². The number of hydrogen-bond donors (Lipinski definition) is 1. The van der Waals surface area contributed by atoms with Gasteiger partial charge in [-0.2, -0.15) is 10.4 Å². The summed E-state index contributed by atoms with van der Waals surface area (Å²) in [6, 6.07) is 20.9. The van der Waals surface area contributed by atoms with E-state index in [1.165, 1.54) is 12.1 Å². The Bertz CT molecular complexity index is 1240. The Morgan fingerprint density at radius 3 is 2.52 bits per heavy atom. The van der Waals surface area contributed by atoms with Crippen LogP contribution in [0.3, 0.4) is 0 Å². The number of hydrazone groups is 1. The first-order valence-electron chi connectivity index (χ1n) is 10.0. The van der Waals surface area contributed by atoms with Crippen molar-refractivity contribution in [3.63, 3.8) is 0 Å². The Hall–Kier alpha value is -3.98. The number of fused-ring (bicyclic) bond motifs is 3. The number of anilines is 1. The molecule has 1 aliphatic carbocycles. The van der Waals surface area contributed by atoms with E-state index in [1.807, 2.05) is 23.2 Å². The molecule has 1 heterocycles. The summed E-state index contributed by atoms with van der Waals surface area (Å²) in [4.78, 5) is 11.4. The molecule has 1 N–H and O–H groups in total. The van der Waals surface area contributed by atoms with E-state index in [4.69, 9.17) is 10.4 Å². The molecule has 0 amide bonds. The summed E-state index contributed by atoms with van der Waals surface area (Å²) in [5.74, 6) is -1.14. The predicted octanol–water partition coefficient (Wildman–Crippen LogP) is 4.92. The van der Waals surface area contributed by atoms with Gasteiger partial charge in [0.05, 0.1) is 34.6 Å². The van der Waals surface area contributed by atoms with Crippen LogP contribution < -0.4 is 5.01 Å². The number of hydrogen-bond acceptors (Lipinski definition) is 4. The third-order valence-corrected chi connectivity index (χ3v) is 6.04. The Balaban J connectivity index is 1.62. The molecule has 6 heteroatoms. The summed E-state index contributed by atoms with van der Waals surface area (Å²) in [6.07, 6.45) is 1.56. The van der Waals surface area contributed by atoms with Gasteiger partial charge in [-0.1, -0.05) is 18.2 Å². The smallest absolute Gasteiger partial charge is 0.335 e.